The maximum atomic E-state index is 5.91. The third-order valence-electron chi connectivity index (χ3n) is 3.36. The molecule has 21 heavy (non-hydrogen) atoms. The topological polar surface area (TPSA) is 50.3 Å². The molecule has 2 rings (SSSR count). The van der Waals surface area contributed by atoms with Crippen LogP contribution in [-0.2, 0) is 0 Å². The number of thiophene rings is 1. The molecular formula is C15H24N4OS. The van der Waals surface area contributed by atoms with E-state index >= 15 is 0 Å². The van der Waals surface area contributed by atoms with Crippen LogP contribution in [-0.4, -0.2) is 47.7 Å². The molecule has 1 N–H and O–H groups in total. The highest BCUT2D eigenvalue weighted by Crippen LogP contribution is 2.28. The fourth-order valence-corrected chi connectivity index (χ4v) is 2.82. The molecule has 0 bridgehead atoms. The smallest absolute Gasteiger partial charge is 0.227 e. The van der Waals surface area contributed by atoms with Crippen LogP contribution >= 0.6 is 11.3 Å². The minimum absolute atomic E-state index is 0.650. The molecule has 0 radical (unpaired) electrons. The van der Waals surface area contributed by atoms with Crippen molar-refractivity contribution in [1.29, 1.82) is 0 Å². The van der Waals surface area contributed by atoms with Gasteiger partial charge in [-0.05, 0) is 31.0 Å². The number of fused-ring (bicyclic) bond motifs is 1. The van der Waals surface area contributed by atoms with Crippen LogP contribution in [0, 0.1) is 0 Å². The fraction of sp³-hybridized carbons (Fsp3) is 0.600. The molecule has 5 nitrogen and oxygen atoms in total. The summed E-state index contributed by atoms with van der Waals surface area (Å²) in [7, 11) is 0. The van der Waals surface area contributed by atoms with Gasteiger partial charge in [0.05, 0.1) is 5.39 Å². The van der Waals surface area contributed by atoms with Crippen LogP contribution in [0.4, 0.5) is 5.95 Å². The van der Waals surface area contributed by atoms with Crippen molar-refractivity contribution in [3.8, 4) is 5.88 Å². The molecule has 2 aromatic rings. The summed E-state index contributed by atoms with van der Waals surface area (Å²) < 4.78 is 5.91. The highest BCUT2D eigenvalue weighted by Gasteiger charge is 2.10. The van der Waals surface area contributed by atoms with E-state index in [1.54, 1.807) is 11.3 Å². The molecule has 0 fully saturated rings. The Bertz CT molecular complexity index is 554. The molecule has 0 saturated carbocycles. The molecule has 0 aliphatic carbocycles. The molecule has 2 heterocycles. The fourth-order valence-electron chi connectivity index (χ4n) is 2.07. The Balaban J connectivity index is 2.07. The number of anilines is 1. The van der Waals surface area contributed by atoms with E-state index < -0.39 is 0 Å². The molecular weight excluding hydrogens is 284 g/mol. The SMILES string of the molecule is CCCNc1nc(OCCN(CC)CC)c2ccsc2n1. The lowest BCUT2D eigenvalue weighted by Gasteiger charge is -2.18. The van der Waals surface area contributed by atoms with E-state index in [-0.39, 0.29) is 0 Å². The molecule has 0 atom stereocenters. The molecule has 116 valence electrons. The van der Waals surface area contributed by atoms with Crippen molar-refractivity contribution in [3.05, 3.63) is 11.4 Å². The molecule has 0 aromatic carbocycles. The minimum Gasteiger partial charge on any atom is -0.476 e. The van der Waals surface area contributed by atoms with Crippen molar-refractivity contribution in [3.63, 3.8) is 0 Å². The second kappa shape index (κ2) is 8.14. The van der Waals surface area contributed by atoms with Gasteiger partial charge in [0.1, 0.15) is 11.4 Å². The minimum atomic E-state index is 0.650. The maximum Gasteiger partial charge on any atom is 0.227 e. The molecule has 0 saturated heterocycles. The summed E-state index contributed by atoms with van der Waals surface area (Å²) in [5.41, 5.74) is 0. The Labute approximate surface area is 130 Å². The number of aromatic nitrogens is 2. The number of rotatable bonds is 9. The number of likely N-dealkylation sites (N-methyl/N-ethyl adjacent to an activating group) is 1. The molecule has 6 heteroatoms. The number of nitrogens with one attached hydrogen (secondary N) is 1. The lowest BCUT2D eigenvalue weighted by Crippen LogP contribution is -2.28. The Morgan fingerprint density at radius 1 is 1.24 bits per heavy atom. The van der Waals surface area contributed by atoms with Crippen LogP contribution < -0.4 is 10.1 Å². The molecule has 0 aliphatic heterocycles. The summed E-state index contributed by atoms with van der Waals surface area (Å²) >= 11 is 1.62. The number of hydrogen-bond donors (Lipinski definition) is 1. The third kappa shape index (κ3) is 4.28. The standard InChI is InChI=1S/C15H24N4OS/c1-4-8-16-15-17-13(12-7-11-21-14(12)18-15)20-10-9-19(5-2)6-3/h7,11H,4-6,8-10H2,1-3H3,(H,16,17,18). The highest BCUT2D eigenvalue weighted by atomic mass is 32.1. The molecule has 0 spiro atoms. The third-order valence-corrected chi connectivity index (χ3v) is 4.17. The van der Waals surface area contributed by atoms with Gasteiger partial charge in [0.2, 0.25) is 11.8 Å². The first kappa shape index (κ1) is 16.0. The van der Waals surface area contributed by atoms with Crippen LogP contribution in [0.15, 0.2) is 11.4 Å². The highest BCUT2D eigenvalue weighted by molar-refractivity contribution is 7.16. The summed E-state index contributed by atoms with van der Waals surface area (Å²) in [4.78, 5) is 12.3. The van der Waals surface area contributed by atoms with Gasteiger partial charge in [0.25, 0.3) is 0 Å². The van der Waals surface area contributed by atoms with E-state index in [1.165, 1.54) is 0 Å². The monoisotopic (exact) mass is 308 g/mol. The van der Waals surface area contributed by atoms with E-state index in [9.17, 15) is 0 Å². The lowest BCUT2D eigenvalue weighted by molar-refractivity contribution is 0.219. The number of ether oxygens (including phenoxy) is 1. The largest absolute Gasteiger partial charge is 0.476 e. The van der Waals surface area contributed by atoms with Crippen molar-refractivity contribution in [2.75, 3.05) is 38.1 Å². The van der Waals surface area contributed by atoms with Gasteiger partial charge in [0, 0.05) is 13.1 Å². The normalized spacial score (nSPS) is 11.2. The zero-order chi connectivity index (χ0) is 15.1. The van der Waals surface area contributed by atoms with Crippen molar-refractivity contribution in [1.82, 2.24) is 14.9 Å². The molecule has 0 unspecified atom stereocenters. The van der Waals surface area contributed by atoms with E-state index in [1.807, 2.05) is 11.4 Å². The van der Waals surface area contributed by atoms with Crippen molar-refractivity contribution < 1.29 is 4.74 Å². The predicted molar refractivity (Wildman–Crippen MR) is 89.5 cm³/mol. The quantitative estimate of drug-likeness (QED) is 0.771. The number of nitrogens with zero attached hydrogens (tertiary/aromatic N) is 3. The average molecular weight is 308 g/mol. The van der Waals surface area contributed by atoms with Gasteiger partial charge in [-0.25, -0.2) is 4.98 Å². The molecule has 0 amide bonds. The zero-order valence-corrected chi connectivity index (χ0v) is 13.9. The van der Waals surface area contributed by atoms with Crippen LogP contribution in [0.5, 0.6) is 5.88 Å². The lowest BCUT2D eigenvalue weighted by atomic mass is 10.4. The van der Waals surface area contributed by atoms with Crippen LogP contribution in [0.3, 0.4) is 0 Å². The average Bonchev–Trinajstić information content (AvgIpc) is 2.98. The summed E-state index contributed by atoms with van der Waals surface area (Å²) in [5, 5.41) is 6.26. The Morgan fingerprint density at radius 3 is 2.76 bits per heavy atom. The van der Waals surface area contributed by atoms with E-state index in [0.29, 0.717) is 18.4 Å². The van der Waals surface area contributed by atoms with Crippen molar-refractivity contribution >= 4 is 27.5 Å². The van der Waals surface area contributed by atoms with Crippen LogP contribution in [0.1, 0.15) is 27.2 Å². The summed E-state index contributed by atoms with van der Waals surface area (Å²) in [6, 6.07) is 2.02. The van der Waals surface area contributed by atoms with Crippen LogP contribution in [0.2, 0.25) is 0 Å². The first-order valence-electron chi connectivity index (χ1n) is 7.62. The Morgan fingerprint density at radius 2 is 2.05 bits per heavy atom. The van der Waals surface area contributed by atoms with Crippen molar-refractivity contribution in [2.24, 2.45) is 0 Å². The first-order chi connectivity index (χ1) is 10.3. The van der Waals surface area contributed by atoms with E-state index in [4.69, 9.17) is 4.74 Å². The second-order valence-electron chi connectivity index (χ2n) is 4.79. The zero-order valence-electron chi connectivity index (χ0n) is 13.1. The van der Waals surface area contributed by atoms with E-state index in [0.717, 1.165) is 42.8 Å². The number of hydrogen-bond acceptors (Lipinski definition) is 6. The van der Waals surface area contributed by atoms with Gasteiger partial charge in [-0.2, -0.15) is 4.98 Å². The summed E-state index contributed by atoms with van der Waals surface area (Å²) in [6.07, 6.45) is 1.05. The van der Waals surface area contributed by atoms with Gasteiger partial charge in [-0.1, -0.05) is 20.8 Å². The predicted octanol–water partition coefficient (Wildman–Crippen LogP) is 3.23. The summed E-state index contributed by atoms with van der Waals surface area (Å²) in [6.45, 7) is 11.0. The first-order valence-corrected chi connectivity index (χ1v) is 8.50. The van der Waals surface area contributed by atoms with Gasteiger partial charge >= 0.3 is 0 Å². The van der Waals surface area contributed by atoms with Gasteiger partial charge in [-0.15, -0.1) is 11.3 Å². The maximum absolute atomic E-state index is 5.91. The van der Waals surface area contributed by atoms with Gasteiger partial charge < -0.3 is 15.0 Å². The van der Waals surface area contributed by atoms with Crippen LogP contribution in [0.25, 0.3) is 10.2 Å². The van der Waals surface area contributed by atoms with Gasteiger partial charge in [0.15, 0.2) is 0 Å². The van der Waals surface area contributed by atoms with Gasteiger partial charge in [-0.3, -0.25) is 0 Å². The van der Waals surface area contributed by atoms with Crippen molar-refractivity contribution in [2.45, 2.75) is 27.2 Å². The Hall–Kier alpha value is -1.40. The second-order valence-corrected chi connectivity index (χ2v) is 5.69. The Kier molecular flexibility index (Phi) is 6.20. The summed E-state index contributed by atoms with van der Waals surface area (Å²) in [5.74, 6) is 1.34. The van der Waals surface area contributed by atoms with E-state index in [2.05, 4.69) is 41.0 Å². The molecule has 2 aromatic heterocycles. The molecule has 0 aliphatic rings.